The van der Waals surface area contributed by atoms with Crippen LogP contribution in [0.25, 0.3) is 0 Å². The zero-order chi connectivity index (χ0) is 19.1. The molecule has 3 amide bonds. The number of carboxylic acid groups (broad SMARTS) is 1. The van der Waals surface area contributed by atoms with Crippen molar-refractivity contribution in [2.75, 3.05) is 6.54 Å². The number of carbonyl (C=O) groups is 3. The zero-order valence-corrected chi connectivity index (χ0v) is 15.5. The lowest BCUT2D eigenvalue weighted by atomic mass is 10.2. The lowest BCUT2D eigenvalue weighted by Crippen LogP contribution is -2.50. The van der Waals surface area contributed by atoms with E-state index in [1.807, 2.05) is 17.5 Å². The molecule has 11 heteroatoms. The van der Waals surface area contributed by atoms with Crippen LogP contribution in [-0.2, 0) is 11.3 Å². The van der Waals surface area contributed by atoms with E-state index in [0.717, 1.165) is 4.88 Å². The standard InChI is InChI=1S/C15H14Cl2N4O4S/c16-9-5-18-6-10(17)12(9)13(22)21-11(14(23)24)7-20-15(25)19-4-8-2-1-3-26-8/h1-3,5-6,11H,4,7H2,(H,21,22)(H,23,24)(H2,19,20,25)/t11-/m0/s1. The molecule has 0 bridgehead atoms. The monoisotopic (exact) mass is 416 g/mol. The Morgan fingerprint density at radius 3 is 2.46 bits per heavy atom. The van der Waals surface area contributed by atoms with Crippen molar-refractivity contribution < 1.29 is 19.5 Å². The van der Waals surface area contributed by atoms with Gasteiger partial charge in [0, 0.05) is 17.3 Å². The summed E-state index contributed by atoms with van der Waals surface area (Å²) in [5.74, 6) is -2.10. The van der Waals surface area contributed by atoms with E-state index in [-0.39, 0.29) is 22.2 Å². The fraction of sp³-hybridized carbons (Fsp3) is 0.200. The van der Waals surface area contributed by atoms with E-state index in [4.69, 9.17) is 23.2 Å². The summed E-state index contributed by atoms with van der Waals surface area (Å²) in [6, 6.07) is 1.78. The third-order valence-electron chi connectivity index (χ3n) is 3.15. The molecule has 0 aliphatic heterocycles. The van der Waals surface area contributed by atoms with Crippen LogP contribution in [-0.4, -0.2) is 40.6 Å². The Morgan fingerprint density at radius 1 is 1.19 bits per heavy atom. The van der Waals surface area contributed by atoms with Crippen LogP contribution in [0.1, 0.15) is 15.2 Å². The van der Waals surface area contributed by atoms with Crippen molar-refractivity contribution in [2.24, 2.45) is 0 Å². The van der Waals surface area contributed by atoms with Crippen LogP contribution in [0, 0.1) is 0 Å². The topological polar surface area (TPSA) is 120 Å². The summed E-state index contributed by atoms with van der Waals surface area (Å²) in [5.41, 5.74) is -0.0864. The number of urea groups is 1. The lowest BCUT2D eigenvalue weighted by molar-refractivity contribution is -0.139. The number of halogens is 2. The van der Waals surface area contributed by atoms with E-state index >= 15 is 0 Å². The fourth-order valence-corrected chi connectivity index (χ4v) is 3.08. The Bertz CT molecular complexity index is 781. The van der Waals surface area contributed by atoms with E-state index in [1.165, 1.54) is 23.7 Å². The highest BCUT2D eigenvalue weighted by Gasteiger charge is 2.24. The number of rotatable bonds is 7. The van der Waals surface area contributed by atoms with Gasteiger partial charge in [-0.15, -0.1) is 11.3 Å². The minimum Gasteiger partial charge on any atom is -0.480 e. The van der Waals surface area contributed by atoms with Gasteiger partial charge >= 0.3 is 12.0 Å². The predicted molar refractivity (Wildman–Crippen MR) is 97.7 cm³/mol. The van der Waals surface area contributed by atoms with E-state index in [0.29, 0.717) is 6.54 Å². The van der Waals surface area contributed by atoms with Crippen LogP contribution < -0.4 is 16.0 Å². The average molecular weight is 417 g/mol. The van der Waals surface area contributed by atoms with Gasteiger partial charge in [-0.05, 0) is 11.4 Å². The molecule has 0 aromatic carbocycles. The molecule has 0 radical (unpaired) electrons. The highest BCUT2D eigenvalue weighted by Crippen LogP contribution is 2.22. The summed E-state index contributed by atoms with van der Waals surface area (Å²) in [6.45, 7) is -0.00645. The molecular formula is C15H14Cl2N4O4S. The van der Waals surface area contributed by atoms with Crippen molar-refractivity contribution in [1.29, 1.82) is 0 Å². The van der Waals surface area contributed by atoms with Gasteiger partial charge < -0.3 is 21.1 Å². The molecule has 8 nitrogen and oxygen atoms in total. The number of thiophene rings is 1. The molecule has 0 aliphatic carbocycles. The van der Waals surface area contributed by atoms with Crippen molar-refractivity contribution in [3.05, 3.63) is 50.4 Å². The first-order valence-corrected chi connectivity index (χ1v) is 8.88. The lowest BCUT2D eigenvalue weighted by Gasteiger charge is -2.16. The van der Waals surface area contributed by atoms with E-state index in [2.05, 4.69) is 20.9 Å². The van der Waals surface area contributed by atoms with Crippen molar-refractivity contribution in [1.82, 2.24) is 20.9 Å². The SMILES string of the molecule is O=C(NCc1cccs1)NC[C@H](NC(=O)c1c(Cl)cncc1Cl)C(=O)O. The maximum absolute atomic E-state index is 12.2. The Labute approximate surface area is 162 Å². The molecule has 0 spiro atoms. The number of aromatic nitrogens is 1. The second kappa shape index (κ2) is 9.37. The summed E-state index contributed by atoms with van der Waals surface area (Å²) >= 11 is 13.2. The van der Waals surface area contributed by atoms with Gasteiger partial charge in [0.2, 0.25) is 0 Å². The molecule has 26 heavy (non-hydrogen) atoms. The Balaban J connectivity index is 1.91. The first-order valence-electron chi connectivity index (χ1n) is 7.25. The summed E-state index contributed by atoms with van der Waals surface area (Å²) in [5, 5.41) is 18.3. The molecule has 0 saturated carbocycles. The second-order valence-corrected chi connectivity index (χ2v) is 6.83. The van der Waals surface area contributed by atoms with Gasteiger partial charge in [-0.2, -0.15) is 0 Å². The second-order valence-electron chi connectivity index (χ2n) is 4.99. The molecule has 1 atom stereocenters. The van der Waals surface area contributed by atoms with Gasteiger partial charge in [0.15, 0.2) is 0 Å². The fourth-order valence-electron chi connectivity index (χ4n) is 1.90. The van der Waals surface area contributed by atoms with E-state index in [9.17, 15) is 19.5 Å². The molecule has 0 saturated heterocycles. The summed E-state index contributed by atoms with van der Waals surface area (Å²) in [4.78, 5) is 40.0. The molecule has 2 rings (SSSR count). The number of aliphatic carboxylic acids is 1. The number of nitrogens with one attached hydrogen (secondary N) is 3. The Hall–Kier alpha value is -2.36. The van der Waals surface area contributed by atoms with Crippen LogP contribution in [0.5, 0.6) is 0 Å². The molecule has 4 N–H and O–H groups in total. The molecule has 2 aromatic heterocycles. The number of carbonyl (C=O) groups excluding carboxylic acids is 2. The van der Waals surface area contributed by atoms with Crippen LogP contribution in [0.2, 0.25) is 10.0 Å². The summed E-state index contributed by atoms with van der Waals surface area (Å²) < 4.78 is 0. The van der Waals surface area contributed by atoms with Gasteiger partial charge in [0.05, 0.1) is 28.7 Å². The zero-order valence-electron chi connectivity index (χ0n) is 13.2. The number of nitrogens with zero attached hydrogens (tertiary/aromatic N) is 1. The molecule has 0 aliphatic rings. The first kappa shape index (κ1) is 20.0. The number of carboxylic acids is 1. The predicted octanol–water partition coefficient (Wildman–Crippen LogP) is 2.13. The van der Waals surface area contributed by atoms with Gasteiger partial charge in [-0.25, -0.2) is 9.59 Å². The molecule has 0 fully saturated rings. The number of hydrogen-bond donors (Lipinski definition) is 4. The number of pyridine rings is 1. The minimum atomic E-state index is -1.37. The quantitative estimate of drug-likeness (QED) is 0.550. The third kappa shape index (κ3) is 5.58. The van der Waals surface area contributed by atoms with E-state index in [1.54, 1.807) is 0 Å². The highest BCUT2D eigenvalue weighted by molar-refractivity contribution is 7.09. The van der Waals surface area contributed by atoms with Crippen molar-refractivity contribution in [3.63, 3.8) is 0 Å². The average Bonchev–Trinajstić information content (AvgIpc) is 3.09. The van der Waals surface area contributed by atoms with Crippen LogP contribution in [0.3, 0.4) is 0 Å². The molecule has 2 aromatic rings. The van der Waals surface area contributed by atoms with Crippen molar-refractivity contribution >= 4 is 52.4 Å². The molecule has 2 heterocycles. The summed E-state index contributed by atoms with van der Waals surface area (Å²) in [7, 11) is 0. The summed E-state index contributed by atoms with van der Waals surface area (Å²) in [6.07, 6.45) is 2.43. The number of amides is 3. The van der Waals surface area contributed by atoms with Gasteiger partial charge in [-0.3, -0.25) is 9.78 Å². The van der Waals surface area contributed by atoms with Gasteiger partial charge in [0.1, 0.15) is 6.04 Å². The highest BCUT2D eigenvalue weighted by atomic mass is 35.5. The van der Waals surface area contributed by atoms with Crippen molar-refractivity contribution in [2.45, 2.75) is 12.6 Å². The van der Waals surface area contributed by atoms with E-state index < -0.39 is 23.9 Å². The van der Waals surface area contributed by atoms with Gasteiger partial charge in [0.25, 0.3) is 5.91 Å². The first-order chi connectivity index (χ1) is 12.4. The largest absolute Gasteiger partial charge is 0.480 e. The van der Waals surface area contributed by atoms with Gasteiger partial charge in [-0.1, -0.05) is 29.3 Å². The van der Waals surface area contributed by atoms with Crippen LogP contribution in [0.4, 0.5) is 4.79 Å². The third-order valence-corrected chi connectivity index (χ3v) is 4.60. The Kier molecular flexibility index (Phi) is 7.19. The van der Waals surface area contributed by atoms with Crippen LogP contribution in [0.15, 0.2) is 29.9 Å². The van der Waals surface area contributed by atoms with Crippen LogP contribution >= 0.6 is 34.5 Å². The number of hydrogen-bond acceptors (Lipinski definition) is 5. The molecule has 0 unspecified atom stereocenters. The maximum atomic E-state index is 12.2. The van der Waals surface area contributed by atoms with Crippen molar-refractivity contribution in [3.8, 4) is 0 Å². The smallest absolute Gasteiger partial charge is 0.328 e. The minimum absolute atomic E-state index is 0.0132. The molecular weight excluding hydrogens is 403 g/mol. The Morgan fingerprint density at radius 2 is 1.88 bits per heavy atom. The maximum Gasteiger partial charge on any atom is 0.328 e. The normalized spacial score (nSPS) is 11.5. The molecule has 138 valence electrons.